The number of hydrogen-bond donors (Lipinski definition) is 2. The molecule has 1 spiro atoms. The average molecular weight is 400 g/mol. The van der Waals surface area contributed by atoms with Crippen LogP contribution in [0.15, 0.2) is 54.7 Å². The zero-order valence-corrected chi connectivity index (χ0v) is 16.4. The van der Waals surface area contributed by atoms with E-state index in [1.165, 1.54) is 0 Å². The monoisotopic (exact) mass is 400 g/mol. The SMILES string of the molecule is Cc1ccc(NC(=O)CN2C(=O)NC3(CCc4ccccc43)C2=O)c2cccnc12. The Bertz CT molecular complexity index is 1220. The molecule has 1 saturated heterocycles. The number of benzene rings is 2. The van der Waals surface area contributed by atoms with Gasteiger partial charge < -0.3 is 10.6 Å². The number of nitrogens with zero attached hydrogens (tertiary/aromatic N) is 2. The van der Waals surface area contributed by atoms with Crippen molar-refractivity contribution in [2.75, 3.05) is 11.9 Å². The Kier molecular flexibility index (Phi) is 4.06. The number of carbonyl (C=O) groups excluding carboxylic acids is 3. The van der Waals surface area contributed by atoms with E-state index < -0.39 is 17.5 Å². The lowest BCUT2D eigenvalue weighted by molar-refractivity contribution is -0.134. The van der Waals surface area contributed by atoms with Crippen LogP contribution in [0.25, 0.3) is 10.9 Å². The highest BCUT2D eigenvalue weighted by molar-refractivity contribution is 6.11. The van der Waals surface area contributed by atoms with E-state index in [4.69, 9.17) is 0 Å². The maximum atomic E-state index is 13.2. The standard InChI is InChI=1S/C23H20N4O3/c1-14-8-9-18(16-6-4-12-24-20(14)16)25-19(28)13-27-21(29)23(26-22(27)30)11-10-15-5-2-3-7-17(15)23/h2-9,12H,10-11,13H2,1H3,(H,25,28)(H,26,30). The quantitative estimate of drug-likeness (QED) is 0.662. The van der Waals surface area contributed by atoms with Crippen molar-refractivity contribution in [1.29, 1.82) is 0 Å². The van der Waals surface area contributed by atoms with Crippen molar-refractivity contribution in [3.05, 3.63) is 71.4 Å². The van der Waals surface area contributed by atoms with Gasteiger partial charge in [-0.2, -0.15) is 0 Å². The van der Waals surface area contributed by atoms with Crippen LogP contribution in [0.4, 0.5) is 10.5 Å². The zero-order valence-electron chi connectivity index (χ0n) is 16.4. The van der Waals surface area contributed by atoms with Crippen LogP contribution in [0.3, 0.4) is 0 Å². The van der Waals surface area contributed by atoms with Gasteiger partial charge in [-0.3, -0.25) is 19.5 Å². The zero-order chi connectivity index (χ0) is 20.9. The Morgan fingerprint density at radius 1 is 1.17 bits per heavy atom. The number of amides is 4. The topological polar surface area (TPSA) is 91.4 Å². The summed E-state index contributed by atoms with van der Waals surface area (Å²) >= 11 is 0. The predicted octanol–water partition coefficient (Wildman–Crippen LogP) is 2.88. The highest BCUT2D eigenvalue weighted by Crippen LogP contribution is 2.41. The van der Waals surface area contributed by atoms with Gasteiger partial charge in [0.15, 0.2) is 0 Å². The second-order valence-electron chi connectivity index (χ2n) is 7.76. The number of rotatable bonds is 3. The summed E-state index contributed by atoms with van der Waals surface area (Å²) in [5, 5.41) is 6.47. The van der Waals surface area contributed by atoms with Gasteiger partial charge >= 0.3 is 6.03 Å². The van der Waals surface area contributed by atoms with Crippen molar-refractivity contribution in [2.24, 2.45) is 0 Å². The molecule has 0 bridgehead atoms. The van der Waals surface area contributed by atoms with Crippen LogP contribution < -0.4 is 10.6 Å². The van der Waals surface area contributed by atoms with E-state index in [-0.39, 0.29) is 12.5 Å². The van der Waals surface area contributed by atoms with Gasteiger partial charge in [0, 0.05) is 11.6 Å². The van der Waals surface area contributed by atoms with Crippen molar-refractivity contribution in [1.82, 2.24) is 15.2 Å². The van der Waals surface area contributed by atoms with Crippen molar-refractivity contribution in [3.8, 4) is 0 Å². The second kappa shape index (κ2) is 6.66. The van der Waals surface area contributed by atoms with E-state index in [0.29, 0.717) is 18.5 Å². The third kappa shape index (κ3) is 2.66. The number of aromatic nitrogens is 1. The summed E-state index contributed by atoms with van der Waals surface area (Å²) in [6.45, 7) is 1.61. The predicted molar refractivity (Wildman–Crippen MR) is 112 cm³/mol. The van der Waals surface area contributed by atoms with Crippen LogP contribution in [0.2, 0.25) is 0 Å². The van der Waals surface area contributed by atoms with E-state index in [1.807, 2.05) is 43.3 Å². The molecule has 4 amide bonds. The molecule has 1 aromatic heterocycles. The molecule has 30 heavy (non-hydrogen) atoms. The minimum Gasteiger partial charge on any atom is -0.324 e. The highest BCUT2D eigenvalue weighted by Gasteiger charge is 2.55. The Morgan fingerprint density at radius 3 is 2.87 bits per heavy atom. The van der Waals surface area contributed by atoms with Crippen LogP contribution in [0.1, 0.15) is 23.1 Å². The van der Waals surface area contributed by atoms with Gasteiger partial charge in [0.25, 0.3) is 5.91 Å². The molecule has 1 unspecified atom stereocenters. The fourth-order valence-corrected chi connectivity index (χ4v) is 4.49. The Balaban J connectivity index is 1.38. The van der Waals surface area contributed by atoms with E-state index in [2.05, 4.69) is 15.6 Å². The number of pyridine rings is 1. The number of fused-ring (bicyclic) bond motifs is 3. The van der Waals surface area contributed by atoms with Gasteiger partial charge in [-0.1, -0.05) is 30.3 Å². The van der Waals surface area contributed by atoms with Gasteiger partial charge in [-0.15, -0.1) is 0 Å². The van der Waals surface area contributed by atoms with Crippen LogP contribution in [-0.2, 0) is 21.5 Å². The maximum absolute atomic E-state index is 13.2. The molecule has 2 aliphatic rings. The molecule has 150 valence electrons. The summed E-state index contributed by atoms with van der Waals surface area (Å²) in [5.41, 5.74) is 3.21. The van der Waals surface area contributed by atoms with Gasteiger partial charge in [0.05, 0.1) is 11.2 Å². The molecule has 1 fully saturated rings. The molecular weight excluding hydrogens is 380 g/mol. The lowest BCUT2D eigenvalue weighted by atomic mass is 9.92. The van der Waals surface area contributed by atoms with E-state index in [0.717, 1.165) is 32.5 Å². The van der Waals surface area contributed by atoms with E-state index in [9.17, 15) is 14.4 Å². The second-order valence-corrected chi connectivity index (χ2v) is 7.76. The number of aryl methyl sites for hydroxylation is 2. The molecule has 0 saturated carbocycles. The molecule has 1 aliphatic heterocycles. The van der Waals surface area contributed by atoms with Gasteiger partial charge in [-0.25, -0.2) is 4.79 Å². The fourth-order valence-electron chi connectivity index (χ4n) is 4.49. The number of hydrogen-bond acceptors (Lipinski definition) is 4. The molecule has 7 heteroatoms. The number of imide groups is 1. The molecule has 2 heterocycles. The van der Waals surface area contributed by atoms with E-state index in [1.54, 1.807) is 18.3 Å². The smallest absolute Gasteiger partial charge is 0.324 e. The summed E-state index contributed by atoms with van der Waals surface area (Å²) in [6.07, 6.45) is 2.92. The number of anilines is 1. The molecule has 1 atom stereocenters. The summed E-state index contributed by atoms with van der Waals surface area (Å²) in [7, 11) is 0. The Hall–Kier alpha value is -3.74. The first-order valence-corrected chi connectivity index (χ1v) is 9.86. The minimum absolute atomic E-state index is 0.343. The van der Waals surface area contributed by atoms with Gasteiger partial charge in [-0.05, 0) is 54.7 Å². The Morgan fingerprint density at radius 2 is 2.00 bits per heavy atom. The van der Waals surface area contributed by atoms with Crippen LogP contribution in [-0.4, -0.2) is 34.3 Å². The van der Waals surface area contributed by atoms with Gasteiger partial charge in [0.2, 0.25) is 5.91 Å². The lowest BCUT2D eigenvalue weighted by Gasteiger charge is -2.22. The molecule has 7 nitrogen and oxygen atoms in total. The Labute approximate surface area is 173 Å². The van der Waals surface area contributed by atoms with Crippen LogP contribution >= 0.6 is 0 Å². The summed E-state index contributed by atoms with van der Waals surface area (Å²) in [6, 6.07) is 14.4. The number of carbonyl (C=O) groups is 3. The van der Waals surface area contributed by atoms with Gasteiger partial charge in [0.1, 0.15) is 12.1 Å². The minimum atomic E-state index is -1.06. The normalized spacial score (nSPS) is 20.0. The summed E-state index contributed by atoms with van der Waals surface area (Å²) < 4.78 is 0. The van der Waals surface area contributed by atoms with E-state index >= 15 is 0 Å². The van der Waals surface area contributed by atoms with Crippen molar-refractivity contribution in [2.45, 2.75) is 25.3 Å². The third-order valence-electron chi connectivity index (χ3n) is 5.97. The fraction of sp³-hybridized carbons (Fsp3) is 0.217. The third-order valence-corrected chi connectivity index (χ3v) is 5.97. The largest absolute Gasteiger partial charge is 0.325 e. The number of nitrogens with one attached hydrogen (secondary N) is 2. The summed E-state index contributed by atoms with van der Waals surface area (Å²) in [5.74, 6) is -0.807. The average Bonchev–Trinajstić information content (AvgIpc) is 3.24. The first-order chi connectivity index (χ1) is 14.5. The molecule has 1 aliphatic carbocycles. The lowest BCUT2D eigenvalue weighted by Crippen LogP contribution is -2.43. The highest BCUT2D eigenvalue weighted by atomic mass is 16.2. The van der Waals surface area contributed by atoms with Crippen LogP contribution in [0, 0.1) is 6.92 Å². The summed E-state index contributed by atoms with van der Waals surface area (Å²) in [4.78, 5) is 43.9. The molecule has 0 radical (unpaired) electrons. The molecular formula is C23H20N4O3. The van der Waals surface area contributed by atoms with Crippen LogP contribution in [0.5, 0.6) is 0 Å². The first-order valence-electron chi connectivity index (χ1n) is 9.86. The maximum Gasteiger partial charge on any atom is 0.325 e. The van der Waals surface area contributed by atoms with Crippen molar-refractivity contribution in [3.63, 3.8) is 0 Å². The molecule has 2 aromatic carbocycles. The molecule has 3 aromatic rings. The van der Waals surface area contributed by atoms with Crippen molar-refractivity contribution >= 4 is 34.4 Å². The van der Waals surface area contributed by atoms with Crippen molar-refractivity contribution < 1.29 is 14.4 Å². The number of urea groups is 1. The molecule has 2 N–H and O–H groups in total. The first kappa shape index (κ1) is 18.3. The molecule has 5 rings (SSSR count).